The van der Waals surface area contributed by atoms with Crippen molar-refractivity contribution in [2.24, 2.45) is 5.10 Å². The van der Waals surface area contributed by atoms with E-state index in [1.165, 1.54) is 29.3 Å². The Balaban J connectivity index is 1.99. The number of nitrogens with zero attached hydrogens (tertiary/aromatic N) is 3. The number of furan rings is 1. The molecule has 7 heteroatoms. The van der Waals surface area contributed by atoms with Gasteiger partial charge < -0.3 is 4.42 Å². The van der Waals surface area contributed by atoms with Crippen LogP contribution in [0.25, 0.3) is 11.6 Å². The number of halogens is 1. The molecule has 2 heterocycles. The average Bonchev–Trinajstić information content (AvgIpc) is 3.06. The molecule has 0 radical (unpaired) electrons. The summed E-state index contributed by atoms with van der Waals surface area (Å²) in [7, 11) is 0. The number of hydrogen-bond donors (Lipinski definition) is 1. The second-order valence-corrected chi connectivity index (χ2v) is 4.33. The number of nitrogens with one attached hydrogen (secondary N) is 1. The van der Waals surface area contributed by atoms with Crippen LogP contribution in [-0.2, 0) is 0 Å². The molecule has 0 bridgehead atoms. The van der Waals surface area contributed by atoms with Crippen LogP contribution in [-0.4, -0.2) is 21.1 Å². The Morgan fingerprint density at radius 3 is 3.00 bits per heavy atom. The molecule has 3 aromatic rings. The molecule has 0 saturated carbocycles. The molecule has 2 aromatic heterocycles. The molecule has 5 nitrogen and oxygen atoms in total. The molecule has 3 rings (SSSR count). The van der Waals surface area contributed by atoms with Gasteiger partial charge in [0.15, 0.2) is 5.76 Å². The van der Waals surface area contributed by atoms with Crippen LogP contribution in [0.1, 0.15) is 5.56 Å². The first-order chi connectivity index (χ1) is 9.74. The first kappa shape index (κ1) is 12.5. The average molecular weight is 288 g/mol. The summed E-state index contributed by atoms with van der Waals surface area (Å²) < 4.78 is 20.1. The molecule has 0 atom stereocenters. The van der Waals surface area contributed by atoms with Crippen molar-refractivity contribution >= 4 is 18.4 Å². The maximum atomic E-state index is 13.1. The van der Waals surface area contributed by atoms with E-state index in [9.17, 15) is 4.39 Å². The first-order valence-corrected chi connectivity index (χ1v) is 6.16. The van der Waals surface area contributed by atoms with Crippen molar-refractivity contribution in [1.29, 1.82) is 0 Å². The fourth-order valence-electron chi connectivity index (χ4n) is 1.68. The third-order valence-electron chi connectivity index (χ3n) is 2.56. The molecule has 100 valence electrons. The van der Waals surface area contributed by atoms with E-state index in [-0.39, 0.29) is 5.82 Å². The number of hydrogen-bond acceptors (Lipinski definition) is 4. The molecule has 0 aliphatic heterocycles. The maximum Gasteiger partial charge on any atom is 0.219 e. The van der Waals surface area contributed by atoms with Gasteiger partial charge in [0.05, 0.1) is 12.5 Å². The Labute approximate surface area is 118 Å². The molecular formula is C13H9FN4OS. The second-order valence-electron chi connectivity index (χ2n) is 3.94. The number of rotatable bonds is 3. The summed E-state index contributed by atoms with van der Waals surface area (Å²) in [6.07, 6.45) is 3.04. The number of aromatic amines is 1. The quantitative estimate of drug-likeness (QED) is 0.594. The molecule has 1 N–H and O–H groups in total. The van der Waals surface area contributed by atoms with Crippen LogP contribution in [0.2, 0.25) is 0 Å². The molecule has 0 spiro atoms. The van der Waals surface area contributed by atoms with Gasteiger partial charge in [0.25, 0.3) is 0 Å². The molecule has 0 fully saturated rings. The predicted molar refractivity (Wildman–Crippen MR) is 74.5 cm³/mol. The van der Waals surface area contributed by atoms with Gasteiger partial charge in [-0.25, -0.2) is 9.49 Å². The van der Waals surface area contributed by atoms with Gasteiger partial charge in [-0.05, 0) is 42.0 Å². The Morgan fingerprint density at radius 1 is 1.35 bits per heavy atom. The highest BCUT2D eigenvalue weighted by atomic mass is 32.1. The molecule has 0 amide bonds. The lowest BCUT2D eigenvalue weighted by atomic mass is 10.2. The lowest BCUT2D eigenvalue weighted by Crippen LogP contribution is -1.94. The SMILES string of the molecule is Fc1cccc(C=Nn2c(-c3ccco3)n[nH]c2=S)c1. The Kier molecular flexibility index (Phi) is 3.26. The van der Waals surface area contributed by atoms with Crippen molar-refractivity contribution < 1.29 is 8.81 Å². The highest BCUT2D eigenvalue weighted by Gasteiger charge is 2.10. The van der Waals surface area contributed by atoms with Crippen LogP contribution in [0, 0.1) is 10.6 Å². The van der Waals surface area contributed by atoms with E-state index in [2.05, 4.69) is 15.3 Å². The summed E-state index contributed by atoms with van der Waals surface area (Å²) in [6, 6.07) is 9.59. The summed E-state index contributed by atoms with van der Waals surface area (Å²) in [4.78, 5) is 0. The topological polar surface area (TPSA) is 59.1 Å². The maximum absolute atomic E-state index is 13.1. The molecular weight excluding hydrogens is 279 g/mol. The van der Waals surface area contributed by atoms with Crippen LogP contribution in [0.4, 0.5) is 4.39 Å². The zero-order chi connectivity index (χ0) is 13.9. The molecule has 0 saturated heterocycles. The largest absolute Gasteiger partial charge is 0.461 e. The standard InChI is InChI=1S/C13H9FN4OS/c14-10-4-1-3-9(7-10)8-15-18-12(16-17-13(18)20)11-5-2-6-19-11/h1-8H,(H,17,20). The molecule has 1 aromatic carbocycles. The van der Waals surface area contributed by atoms with Gasteiger partial charge in [-0.3, -0.25) is 0 Å². The minimum atomic E-state index is -0.323. The van der Waals surface area contributed by atoms with E-state index in [1.54, 1.807) is 24.3 Å². The Morgan fingerprint density at radius 2 is 2.25 bits per heavy atom. The predicted octanol–water partition coefficient (Wildman–Crippen LogP) is 3.22. The zero-order valence-corrected chi connectivity index (χ0v) is 11.0. The smallest absolute Gasteiger partial charge is 0.219 e. The summed E-state index contributed by atoms with van der Waals surface area (Å²) >= 11 is 5.10. The fourth-order valence-corrected chi connectivity index (χ4v) is 1.85. The molecule has 0 unspecified atom stereocenters. The van der Waals surface area contributed by atoms with Crippen LogP contribution in [0.15, 0.2) is 52.2 Å². The number of aromatic nitrogens is 3. The van der Waals surface area contributed by atoms with Gasteiger partial charge in [-0.1, -0.05) is 12.1 Å². The van der Waals surface area contributed by atoms with Gasteiger partial charge in [0.1, 0.15) is 5.82 Å². The van der Waals surface area contributed by atoms with Crippen molar-refractivity contribution in [1.82, 2.24) is 14.9 Å². The Bertz CT molecular complexity index is 804. The summed E-state index contributed by atoms with van der Waals surface area (Å²) in [5.74, 6) is 0.664. The zero-order valence-electron chi connectivity index (χ0n) is 10.2. The Hall–Kier alpha value is -2.54. The van der Waals surface area contributed by atoms with E-state index in [0.717, 1.165) is 0 Å². The van der Waals surface area contributed by atoms with E-state index >= 15 is 0 Å². The lowest BCUT2D eigenvalue weighted by molar-refractivity contribution is 0.573. The summed E-state index contributed by atoms with van der Waals surface area (Å²) in [5, 5.41) is 10.9. The lowest BCUT2D eigenvalue weighted by Gasteiger charge is -1.97. The van der Waals surface area contributed by atoms with E-state index in [4.69, 9.17) is 16.6 Å². The molecule has 0 aliphatic carbocycles. The normalized spacial score (nSPS) is 11.2. The van der Waals surface area contributed by atoms with Crippen molar-refractivity contribution in [3.63, 3.8) is 0 Å². The van der Waals surface area contributed by atoms with Crippen molar-refractivity contribution in [3.05, 3.63) is 58.8 Å². The fraction of sp³-hybridized carbons (Fsp3) is 0. The van der Waals surface area contributed by atoms with Crippen LogP contribution in [0.3, 0.4) is 0 Å². The highest BCUT2D eigenvalue weighted by molar-refractivity contribution is 7.71. The van der Waals surface area contributed by atoms with Crippen LogP contribution < -0.4 is 0 Å². The van der Waals surface area contributed by atoms with Crippen LogP contribution >= 0.6 is 12.2 Å². The second kappa shape index (κ2) is 5.22. The minimum Gasteiger partial charge on any atom is -0.461 e. The van der Waals surface area contributed by atoms with Crippen molar-refractivity contribution in [2.75, 3.05) is 0 Å². The van der Waals surface area contributed by atoms with E-state index in [1.807, 2.05) is 0 Å². The van der Waals surface area contributed by atoms with Gasteiger partial charge in [0.2, 0.25) is 10.6 Å². The van der Waals surface area contributed by atoms with Gasteiger partial charge >= 0.3 is 0 Å². The molecule has 0 aliphatic rings. The van der Waals surface area contributed by atoms with Gasteiger partial charge in [0, 0.05) is 0 Å². The van der Waals surface area contributed by atoms with E-state index in [0.29, 0.717) is 21.9 Å². The van der Waals surface area contributed by atoms with Crippen molar-refractivity contribution in [2.45, 2.75) is 0 Å². The van der Waals surface area contributed by atoms with Crippen LogP contribution in [0.5, 0.6) is 0 Å². The summed E-state index contributed by atoms with van der Waals surface area (Å²) in [6.45, 7) is 0. The van der Waals surface area contributed by atoms with E-state index < -0.39 is 0 Å². The third-order valence-corrected chi connectivity index (χ3v) is 2.83. The third kappa shape index (κ3) is 2.43. The monoisotopic (exact) mass is 288 g/mol. The highest BCUT2D eigenvalue weighted by Crippen LogP contribution is 2.17. The van der Waals surface area contributed by atoms with Gasteiger partial charge in [-0.2, -0.15) is 9.78 Å². The number of benzene rings is 1. The van der Waals surface area contributed by atoms with Crippen molar-refractivity contribution in [3.8, 4) is 11.6 Å². The first-order valence-electron chi connectivity index (χ1n) is 5.75. The minimum absolute atomic E-state index is 0.323. The summed E-state index contributed by atoms with van der Waals surface area (Å²) in [5.41, 5.74) is 0.624. The van der Waals surface area contributed by atoms with Gasteiger partial charge in [-0.15, -0.1) is 5.10 Å². The number of H-pyrrole nitrogens is 1. The molecule has 20 heavy (non-hydrogen) atoms.